The fourth-order valence-corrected chi connectivity index (χ4v) is 5.05. The number of pyridine rings is 1. The van der Waals surface area contributed by atoms with E-state index >= 15 is 4.39 Å². The zero-order valence-corrected chi connectivity index (χ0v) is 19.9. The number of methoxy groups -OCH3 is 1. The predicted molar refractivity (Wildman–Crippen MR) is 128 cm³/mol. The standard InChI is InChI=1S/C25H26FN7O3/c1-3-22(34)31-9-6-25(26,16-31)24(35)30-7-4-20(5-8-30)32-15-19(13-28-32)17-10-21(36-2)23-18(11-27)12-29-33(23)14-17/h3,10,12-15,20H,1,4-9,16H2,2H3. The Morgan fingerprint density at radius 1 is 1.19 bits per heavy atom. The first-order valence-electron chi connectivity index (χ1n) is 11.8. The molecule has 0 radical (unpaired) electrons. The molecule has 2 aliphatic rings. The third-order valence-electron chi connectivity index (χ3n) is 7.07. The second kappa shape index (κ2) is 9.11. The fraction of sp³-hybridized carbons (Fsp3) is 0.400. The molecule has 0 spiro atoms. The Hall–Kier alpha value is -4.20. The van der Waals surface area contributed by atoms with Gasteiger partial charge in [0.15, 0.2) is 0 Å². The van der Waals surface area contributed by atoms with Crippen molar-refractivity contribution in [2.24, 2.45) is 0 Å². The molecule has 11 heteroatoms. The van der Waals surface area contributed by atoms with Gasteiger partial charge in [-0.25, -0.2) is 8.91 Å². The third kappa shape index (κ3) is 3.98. The normalized spacial score (nSPS) is 20.5. The van der Waals surface area contributed by atoms with Gasteiger partial charge in [0, 0.05) is 49.6 Å². The molecule has 5 rings (SSSR count). The summed E-state index contributed by atoms with van der Waals surface area (Å²) in [4.78, 5) is 27.6. The number of nitriles is 1. The van der Waals surface area contributed by atoms with E-state index in [-0.39, 0.29) is 31.5 Å². The molecule has 1 atom stereocenters. The van der Waals surface area contributed by atoms with Gasteiger partial charge in [0.2, 0.25) is 11.6 Å². The molecule has 2 amide bonds. The van der Waals surface area contributed by atoms with E-state index < -0.39 is 11.6 Å². The summed E-state index contributed by atoms with van der Waals surface area (Å²) in [6, 6.07) is 4.04. The third-order valence-corrected chi connectivity index (χ3v) is 7.07. The highest BCUT2D eigenvalue weighted by molar-refractivity contribution is 5.91. The number of carbonyl (C=O) groups is 2. The van der Waals surface area contributed by atoms with Crippen LogP contribution in [-0.4, -0.2) is 80.0 Å². The maximum atomic E-state index is 15.4. The highest BCUT2D eigenvalue weighted by Gasteiger charge is 2.48. The van der Waals surface area contributed by atoms with Crippen molar-refractivity contribution < 1.29 is 18.7 Å². The van der Waals surface area contributed by atoms with Crippen molar-refractivity contribution in [3.8, 4) is 22.9 Å². The van der Waals surface area contributed by atoms with Gasteiger partial charge in [0.1, 0.15) is 22.9 Å². The van der Waals surface area contributed by atoms with E-state index in [0.29, 0.717) is 42.8 Å². The summed E-state index contributed by atoms with van der Waals surface area (Å²) in [5.41, 5.74) is 0.703. The largest absolute Gasteiger partial charge is 0.494 e. The van der Waals surface area contributed by atoms with E-state index in [2.05, 4.69) is 22.8 Å². The van der Waals surface area contributed by atoms with Crippen LogP contribution in [0.1, 0.15) is 30.9 Å². The van der Waals surface area contributed by atoms with E-state index in [1.165, 1.54) is 11.1 Å². The molecule has 2 aliphatic heterocycles. The minimum atomic E-state index is -2.04. The highest BCUT2D eigenvalue weighted by atomic mass is 19.1. The number of hydrogen-bond acceptors (Lipinski definition) is 6. The number of ether oxygens (including phenoxy) is 1. The number of amides is 2. The van der Waals surface area contributed by atoms with Crippen molar-refractivity contribution in [2.45, 2.75) is 31.0 Å². The lowest BCUT2D eigenvalue weighted by molar-refractivity contribution is -0.145. The smallest absolute Gasteiger partial charge is 0.262 e. The van der Waals surface area contributed by atoms with Crippen LogP contribution < -0.4 is 4.74 Å². The van der Waals surface area contributed by atoms with Gasteiger partial charge in [0.25, 0.3) is 5.91 Å². The molecule has 0 N–H and O–H groups in total. The number of piperidine rings is 1. The lowest BCUT2D eigenvalue weighted by Gasteiger charge is -2.35. The summed E-state index contributed by atoms with van der Waals surface area (Å²) >= 11 is 0. The van der Waals surface area contributed by atoms with Gasteiger partial charge in [-0.15, -0.1) is 0 Å². The summed E-state index contributed by atoms with van der Waals surface area (Å²) in [5, 5.41) is 18.1. The van der Waals surface area contributed by atoms with Crippen LogP contribution >= 0.6 is 0 Å². The van der Waals surface area contributed by atoms with Crippen LogP contribution in [0.2, 0.25) is 0 Å². The summed E-state index contributed by atoms with van der Waals surface area (Å²) < 4.78 is 24.4. The average molecular weight is 492 g/mol. The summed E-state index contributed by atoms with van der Waals surface area (Å²) in [6.45, 7) is 4.27. The van der Waals surface area contributed by atoms with E-state index in [0.717, 1.165) is 17.2 Å². The molecule has 0 aromatic carbocycles. The molecule has 186 valence electrons. The van der Waals surface area contributed by atoms with E-state index in [1.807, 2.05) is 23.1 Å². The van der Waals surface area contributed by atoms with Crippen LogP contribution in [0.15, 0.2) is 43.5 Å². The number of fused-ring (bicyclic) bond motifs is 1. The number of alkyl halides is 1. The molecule has 2 saturated heterocycles. The minimum absolute atomic E-state index is 0.00771. The molecule has 10 nitrogen and oxygen atoms in total. The lowest BCUT2D eigenvalue weighted by atomic mass is 9.99. The molecule has 0 bridgehead atoms. The summed E-state index contributed by atoms with van der Waals surface area (Å²) in [5.74, 6) is -0.357. The van der Waals surface area contributed by atoms with Crippen molar-refractivity contribution in [3.63, 3.8) is 0 Å². The van der Waals surface area contributed by atoms with Gasteiger partial charge in [0.05, 0.1) is 32.1 Å². The van der Waals surface area contributed by atoms with Crippen LogP contribution in [0.3, 0.4) is 0 Å². The summed E-state index contributed by atoms with van der Waals surface area (Å²) in [7, 11) is 1.55. The van der Waals surface area contributed by atoms with Crippen LogP contribution in [0.5, 0.6) is 5.75 Å². The number of rotatable bonds is 5. The first-order chi connectivity index (χ1) is 17.4. The van der Waals surface area contributed by atoms with E-state index in [9.17, 15) is 14.9 Å². The number of aromatic nitrogens is 4. The van der Waals surface area contributed by atoms with Gasteiger partial charge in [-0.1, -0.05) is 6.58 Å². The van der Waals surface area contributed by atoms with Crippen LogP contribution in [0, 0.1) is 11.3 Å². The first-order valence-corrected chi connectivity index (χ1v) is 11.8. The molecule has 3 aromatic heterocycles. The summed E-state index contributed by atoms with van der Waals surface area (Å²) in [6.07, 6.45) is 9.46. The molecular weight excluding hydrogens is 465 g/mol. The van der Waals surface area contributed by atoms with Crippen molar-refractivity contribution in [1.82, 2.24) is 29.2 Å². The highest BCUT2D eigenvalue weighted by Crippen LogP contribution is 2.33. The van der Waals surface area contributed by atoms with Gasteiger partial charge in [-0.3, -0.25) is 14.3 Å². The van der Waals surface area contributed by atoms with Gasteiger partial charge < -0.3 is 14.5 Å². The number of carbonyl (C=O) groups excluding carboxylic acids is 2. The van der Waals surface area contributed by atoms with Crippen LogP contribution in [0.25, 0.3) is 16.6 Å². The Labute approximate surface area is 207 Å². The van der Waals surface area contributed by atoms with E-state index in [4.69, 9.17) is 4.74 Å². The van der Waals surface area contributed by atoms with Gasteiger partial charge >= 0.3 is 0 Å². The maximum Gasteiger partial charge on any atom is 0.262 e. The van der Waals surface area contributed by atoms with Crippen molar-refractivity contribution >= 4 is 17.3 Å². The Morgan fingerprint density at radius 2 is 1.97 bits per heavy atom. The maximum absolute atomic E-state index is 15.4. The SMILES string of the molecule is C=CC(=O)N1CCC(F)(C(=O)N2CCC(n3cc(-c4cc(OC)c5c(C#N)cnn5c4)cn3)CC2)C1. The number of halogens is 1. The van der Waals surface area contributed by atoms with E-state index in [1.54, 1.807) is 22.7 Å². The van der Waals surface area contributed by atoms with Crippen LogP contribution in [0.4, 0.5) is 4.39 Å². The quantitative estimate of drug-likeness (QED) is 0.507. The molecule has 5 heterocycles. The molecule has 1 unspecified atom stereocenters. The fourth-order valence-electron chi connectivity index (χ4n) is 5.05. The lowest BCUT2D eigenvalue weighted by Crippen LogP contribution is -2.50. The van der Waals surface area contributed by atoms with Crippen molar-refractivity contribution in [2.75, 3.05) is 33.3 Å². The minimum Gasteiger partial charge on any atom is -0.494 e. The molecule has 36 heavy (non-hydrogen) atoms. The second-order valence-electron chi connectivity index (χ2n) is 9.17. The molecule has 2 fully saturated rings. The first kappa shape index (κ1) is 23.5. The number of likely N-dealkylation sites (tertiary alicyclic amines) is 2. The molecule has 0 saturated carbocycles. The number of hydrogen-bond donors (Lipinski definition) is 0. The number of nitrogens with zero attached hydrogens (tertiary/aromatic N) is 7. The Bertz CT molecular complexity index is 1380. The zero-order valence-electron chi connectivity index (χ0n) is 19.9. The molecule has 3 aromatic rings. The van der Waals surface area contributed by atoms with Crippen molar-refractivity contribution in [1.29, 1.82) is 5.26 Å². The van der Waals surface area contributed by atoms with Gasteiger partial charge in [-0.2, -0.15) is 15.5 Å². The monoisotopic (exact) mass is 491 g/mol. The Balaban J connectivity index is 1.26. The molecule has 0 aliphatic carbocycles. The second-order valence-corrected chi connectivity index (χ2v) is 9.17. The topological polar surface area (TPSA) is 109 Å². The van der Waals surface area contributed by atoms with Gasteiger partial charge in [-0.05, 0) is 25.0 Å². The Kier molecular flexibility index (Phi) is 5.96. The van der Waals surface area contributed by atoms with Crippen LogP contribution in [-0.2, 0) is 9.59 Å². The molecular formula is C25H26FN7O3. The van der Waals surface area contributed by atoms with Crippen molar-refractivity contribution in [3.05, 3.63) is 49.1 Å². The Morgan fingerprint density at radius 3 is 2.67 bits per heavy atom. The predicted octanol–water partition coefficient (Wildman–Crippen LogP) is 2.37. The zero-order chi connectivity index (χ0) is 25.4. The average Bonchev–Trinajstić information content (AvgIpc) is 3.66.